The lowest BCUT2D eigenvalue weighted by Crippen LogP contribution is -2.52. The van der Waals surface area contributed by atoms with Crippen molar-refractivity contribution in [2.45, 2.75) is 63.3 Å². The Morgan fingerprint density at radius 2 is 1.81 bits per heavy atom. The number of imide groups is 1. The quantitative estimate of drug-likeness (QED) is 0.539. The summed E-state index contributed by atoms with van der Waals surface area (Å²) in [6.07, 6.45) is -2.65. The standard InChI is InChI=1S/C21H21F4N3O4/c22-16-12(18(30)27-17(21(23,24)25)10-3-1-2-4-10)6-5-11-13(16)9-28(20(11)32)14-7-8-15(29)26-19(14)31/h5-6,10,14,17H,1-4,7-9H2,(H,27,30)(H,26,29,31)/t14?,17-/m1/s1. The van der Waals surface area contributed by atoms with Gasteiger partial charge in [0.15, 0.2) is 0 Å². The van der Waals surface area contributed by atoms with Crippen molar-refractivity contribution in [1.82, 2.24) is 15.5 Å². The second-order valence-electron chi connectivity index (χ2n) is 8.39. The Balaban J connectivity index is 1.56. The first-order chi connectivity index (χ1) is 15.1. The molecule has 1 aliphatic carbocycles. The number of halogens is 4. The zero-order valence-corrected chi connectivity index (χ0v) is 16.9. The average molecular weight is 455 g/mol. The molecule has 2 aliphatic heterocycles. The van der Waals surface area contributed by atoms with Gasteiger partial charge in [-0.25, -0.2) is 4.39 Å². The zero-order chi connectivity index (χ0) is 23.2. The summed E-state index contributed by atoms with van der Waals surface area (Å²) in [5.74, 6) is -4.84. The number of nitrogens with zero attached hydrogens (tertiary/aromatic N) is 1. The van der Waals surface area contributed by atoms with Crippen LogP contribution >= 0.6 is 0 Å². The van der Waals surface area contributed by atoms with E-state index < -0.39 is 59.2 Å². The van der Waals surface area contributed by atoms with Crippen LogP contribution in [0.15, 0.2) is 12.1 Å². The summed E-state index contributed by atoms with van der Waals surface area (Å²) >= 11 is 0. The van der Waals surface area contributed by atoms with E-state index in [-0.39, 0.29) is 30.5 Å². The van der Waals surface area contributed by atoms with Crippen LogP contribution in [0.3, 0.4) is 0 Å². The Labute approximate surface area is 180 Å². The molecule has 1 saturated heterocycles. The molecular formula is C21H21F4N3O4. The maximum atomic E-state index is 15.1. The van der Waals surface area contributed by atoms with Gasteiger partial charge in [0.2, 0.25) is 11.8 Å². The molecule has 2 atom stereocenters. The van der Waals surface area contributed by atoms with Gasteiger partial charge in [0.05, 0.1) is 12.1 Å². The zero-order valence-electron chi connectivity index (χ0n) is 16.9. The van der Waals surface area contributed by atoms with Crippen LogP contribution < -0.4 is 10.6 Å². The molecule has 3 aliphatic rings. The number of piperidine rings is 1. The Morgan fingerprint density at radius 1 is 1.12 bits per heavy atom. The molecule has 7 nitrogen and oxygen atoms in total. The highest BCUT2D eigenvalue weighted by atomic mass is 19.4. The molecule has 0 aromatic heterocycles. The van der Waals surface area contributed by atoms with Crippen LogP contribution in [0.1, 0.15) is 64.8 Å². The van der Waals surface area contributed by atoms with Crippen LogP contribution in [0, 0.1) is 11.7 Å². The Morgan fingerprint density at radius 3 is 2.44 bits per heavy atom. The number of amides is 4. The first-order valence-electron chi connectivity index (χ1n) is 10.4. The highest BCUT2D eigenvalue weighted by molar-refractivity contribution is 6.06. The number of rotatable bonds is 4. The molecule has 4 rings (SSSR count). The molecule has 2 fully saturated rings. The first kappa shape index (κ1) is 22.2. The van der Waals surface area contributed by atoms with Crippen LogP contribution in [-0.4, -0.2) is 46.8 Å². The number of carbonyl (C=O) groups is 4. The van der Waals surface area contributed by atoms with Crippen molar-refractivity contribution in [2.75, 3.05) is 0 Å². The second kappa shape index (κ2) is 8.18. The fraction of sp³-hybridized carbons (Fsp3) is 0.524. The van der Waals surface area contributed by atoms with Gasteiger partial charge in [-0.15, -0.1) is 0 Å². The van der Waals surface area contributed by atoms with E-state index in [0.717, 1.165) is 11.0 Å². The number of alkyl halides is 3. The van der Waals surface area contributed by atoms with Crippen molar-refractivity contribution in [3.63, 3.8) is 0 Å². The molecule has 1 aromatic carbocycles. The molecule has 32 heavy (non-hydrogen) atoms. The molecule has 0 spiro atoms. The van der Waals surface area contributed by atoms with Crippen LogP contribution in [-0.2, 0) is 16.1 Å². The van der Waals surface area contributed by atoms with Crippen LogP contribution in [0.2, 0.25) is 0 Å². The molecule has 0 radical (unpaired) electrons. The van der Waals surface area contributed by atoms with Gasteiger partial charge in [0, 0.05) is 17.5 Å². The van der Waals surface area contributed by atoms with E-state index in [4.69, 9.17) is 0 Å². The van der Waals surface area contributed by atoms with Gasteiger partial charge in [-0.05, 0) is 37.3 Å². The predicted molar refractivity (Wildman–Crippen MR) is 102 cm³/mol. The van der Waals surface area contributed by atoms with Crippen molar-refractivity contribution in [3.05, 3.63) is 34.6 Å². The summed E-state index contributed by atoms with van der Waals surface area (Å²) in [5, 5.41) is 4.06. The Hall–Kier alpha value is -2.98. The van der Waals surface area contributed by atoms with E-state index in [1.54, 1.807) is 0 Å². The molecule has 0 bridgehead atoms. The van der Waals surface area contributed by atoms with Crippen molar-refractivity contribution in [1.29, 1.82) is 0 Å². The molecule has 11 heteroatoms. The second-order valence-corrected chi connectivity index (χ2v) is 8.39. The number of hydrogen-bond acceptors (Lipinski definition) is 4. The molecule has 2 heterocycles. The van der Waals surface area contributed by atoms with Crippen molar-refractivity contribution < 1.29 is 36.7 Å². The lowest BCUT2D eigenvalue weighted by molar-refractivity contribution is -0.164. The van der Waals surface area contributed by atoms with Gasteiger partial charge >= 0.3 is 6.18 Å². The first-order valence-corrected chi connectivity index (χ1v) is 10.4. The highest BCUT2D eigenvalue weighted by Gasteiger charge is 2.47. The smallest absolute Gasteiger partial charge is 0.340 e. The summed E-state index contributed by atoms with van der Waals surface area (Å²) in [4.78, 5) is 49.8. The molecule has 1 saturated carbocycles. The number of fused-ring (bicyclic) bond motifs is 1. The van der Waals surface area contributed by atoms with Crippen molar-refractivity contribution >= 4 is 23.6 Å². The topological polar surface area (TPSA) is 95.6 Å². The summed E-state index contributed by atoms with van der Waals surface area (Å²) in [7, 11) is 0. The minimum atomic E-state index is -4.67. The third-order valence-corrected chi connectivity index (χ3v) is 6.40. The van der Waals surface area contributed by atoms with E-state index in [1.807, 2.05) is 5.32 Å². The van der Waals surface area contributed by atoms with Gasteiger partial charge in [0.1, 0.15) is 17.9 Å². The molecular weight excluding hydrogens is 434 g/mol. The van der Waals surface area contributed by atoms with Gasteiger partial charge in [-0.3, -0.25) is 24.5 Å². The SMILES string of the molecule is O=C1CCC(N2Cc3c(ccc(C(=O)N[C@H](C4CCCC4)C(F)(F)F)c3F)C2=O)C(=O)N1. The third kappa shape index (κ3) is 3.95. The summed E-state index contributed by atoms with van der Waals surface area (Å²) in [5.41, 5.74) is -0.808. The minimum absolute atomic E-state index is 0.0205. The van der Waals surface area contributed by atoms with Crippen LogP contribution in [0.5, 0.6) is 0 Å². The van der Waals surface area contributed by atoms with Crippen molar-refractivity contribution in [3.8, 4) is 0 Å². The molecule has 4 amide bonds. The molecule has 1 aromatic rings. The fourth-order valence-electron chi connectivity index (χ4n) is 4.76. The van der Waals surface area contributed by atoms with E-state index in [9.17, 15) is 32.3 Å². The predicted octanol–water partition coefficient (Wildman–Crippen LogP) is 2.44. The van der Waals surface area contributed by atoms with Gasteiger partial charge in [-0.1, -0.05) is 12.8 Å². The summed E-state index contributed by atoms with van der Waals surface area (Å²) in [6, 6.07) is -0.884. The number of carbonyl (C=O) groups excluding carboxylic acids is 4. The Kier molecular flexibility index (Phi) is 5.68. The van der Waals surface area contributed by atoms with Crippen LogP contribution in [0.25, 0.3) is 0 Å². The van der Waals surface area contributed by atoms with Gasteiger partial charge < -0.3 is 10.2 Å². The Bertz CT molecular complexity index is 988. The largest absolute Gasteiger partial charge is 0.408 e. The number of nitrogens with one attached hydrogen (secondary N) is 2. The minimum Gasteiger partial charge on any atom is -0.340 e. The number of benzene rings is 1. The normalized spacial score (nSPS) is 22.7. The monoisotopic (exact) mass is 455 g/mol. The lowest BCUT2D eigenvalue weighted by Gasteiger charge is -2.29. The fourth-order valence-corrected chi connectivity index (χ4v) is 4.76. The molecule has 172 valence electrons. The van der Waals surface area contributed by atoms with E-state index in [2.05, 4.69) is 5.32 Å². The van der Waals surface area contributed by atoms with Crippen LogP contribution in [0.4, 0.5) is 17.6 Å². The maximum Gasteiger partial charge on any atom is 0.408 e. The van der Waals surface area contributed by atoms with Crippen molar-refractivity contribution in [2.24, 2.45) is 5.92 Å². The number of hydrogen-bond donors (Lipinski definition) is 2. The summed E-state index contributed by atoms with van der Waals surface area (Å²) in [6.45, 7) is -0.321. The van der Waals surface area contributed by atoms with E-state index in [1.165, 1.54) is 6.07 Å². The van der Waals surface area contributed by atoms with Gasteiger partial charge in [0.25, 0.3) is 11.8 Å². The van der Waals surface area contributed by atoms with Gasteiger partial charge in [-0.2, -0.15) is 13.2 Å². The third-order valence-electron chi connectivity index (χ3n) is 6.40. The average Bonchev–Trinajstić information content (AvgIpc) is 3.35. The lowest BCUT2D eigenvalue weighted by atomic mass is 9.96. The van der Waals surface area contributed by atoms with E-state index in [0.29, 0.717) is 25.7 Å². The maximum absolute atomic E-state index is 15.1. The summed E-state index contributed by atoms with van der Waals surface area (Å²) < 4.78 is 55.7. The molecule has 2 N–H and O–H groups in total. The molecule has 1 unspecified atom stereocenters. The van der Waals surface area contributed by atoms with E-state index >= 15 is 4.39 Å². The highest BCUT2D eigenvalue weighted by Crippen LogP contribution is 2.36.